The van der Waals surface area contributed by atoms with Crippen LogP contribution < -0.4 is 5.73 Å². The van der Waals surface area contributed by atoms with Crippen LogP contribution in [0.25, 0.3) is 11.4 Å². The summed E-state index contributed by atoms with van der Waals surface area (Å²) in [5.41, 5.74) is 10.2. The molecule has 3 rings (SSSR count). The summed E-state index contributed by atoms with van der Waals surface area (Å²) in [6, 6.07) is 5.67. The summed E-state index contributed by atoms with van der Waals surface area (Å²) in [4.78, 5) is 4.45. The number of nitrogens with zero attached hydrogens (tertiary/aromatic N) is 4. The van der Waals surface area contributed by atoms with Crippen molar-refractivity contribution in [2.24, 2.45) is 0 Å². The van der Waals surface area contributed by atoms with Gasteiger partial charge in [-0.05, 0) is 32.4 Å². The van der Waals surface area contributed by atoms with Crippen LogP contribution in [0.4, 0.5) is 5.69 Å². The minimum absolute atomic E-state index is 0.552. The first-order chi connectivity index (χ1) is 11.0. The highest BCUT2D eigenvalue weighted by atomic mass is 35.5. The molecular formula is C16H18ClN5O. The smallest absolute Gasteiger partial charge is 0.228 e. The van der Waals surface area contributed by atoms with Crippen molar-refractivity contribution in [3.63, 3.8) is 0 Å². The summed E-state index contributed by atoms with van der Waals surface area (Å²) in [6.45, 7) is 6.41. The zero-order chi connectivity index (χ0) is 16.6. The summed E-state index contributed by atoms with van der Waals surface area (Å²) in [5.74, 6) is 1.11. The minimum atomic E-state index is 0.552. The maximum absolute atomic E-state index is 6.15. The second kappa shape index (κ2) is 6.04. The Bertz CT molecular complexity index is 852. The van der Waals surface area contributed by atoms with Crippen LogP contribution in [0.1, 0.15) is 22.8 Å². The van der Waals surface area contributed by atoms with Gasteiger partial charge in [0.25, 0.3) is 0 Å². The molecule has 0 spiro atoms. The molecule has 0 saturated heterocycles. The number of nitrogens with two attached hydrogens (primary N) is 1. The molecule has 7 heteroatoms. The lowest BCUT2D eigenvalue weighted by Gasteiger charge is -2.03. The van der Waals surface area contributed by atoms with Gasteiger partial charge in [0.05, 0.1) is 23.0 Å². The van der Waals surface area contributed by atoms with E-state index in [4.69, 9.17) is 21.9 Å². The van der Waals surface area contributed by atoms with E-state index in [9.17, 15) is 0 Å². The molecule has 0 bridgehead atoms. The molecule has 120 valence electrons. The summed E-state index contributed by atoms with van der Waals surface area (Å²) < 4.78 is 7.19. The molecule has 2 aromatic heterocycles. The SMILES string of the molecule is Cc1nn(CCc2nc(-c3cccc(N)c3C)no2)c(C)c1Cl. The van der Waals surface area contributed by atoms with E-state index >= 15 is 0 Å². The number of rotatable bonds is 4. The average molecular weight is 332 g/mol. The van der Waals surface area contributed by atoms with E-state index in [1.54, 1.807) is 0 Å². The minimum Gasteiger partial charge on any atom is -0.398 e. The topological polar surface area (TPSA) is 82.8 Å². The Morgan fingerprint density at radius 1 is 1.26 bits per heavy atom. The number of aryl methyl sites for hydroxylation is 3. The highest BCUT2D eigenvalue weighted by Crippen LogP contribution is 2.25. The number of hydrogen-bond acceptors (Lipinski definition) is 5. The van der Waals surface area contributed by atoms with Gasteiger partial charge in [0.2, 0.25) is 11.7 Å². The predicted octanol–water partition coefficient (Wildman–Crippen LogP) is 3.34. The Morgan fingerprint density at radius 2 is 2.04 bits per heavy atom. The molecule has 0 aliphatic carbocycles. The lowest BCUT2D eigenvalue weighted by atomic mass is 10.1. The molecule has 2 heterocycles. The van der Waals surface area contributed by atoms with Crippen molar-refractivity contribution in [2.75, 3.05) is 5.73 Å². The maximum Gasteiger partial charge on any atom is 0.228 e. The highest BCUT2D eigenvalue weighted by molar-refractivity contribution is 6.31. The van der Waals surface area contributed by atoms with E-state index in [1.807, 2.05) is 43.7 Å². The molecule has 6 nitrogen and oxygen atoms in total. The Kier molecular flexibility index (Phi) is 4.09. The standard InChI is InChI=1S/C16H18ClN5O/c1-9-12(5-4-6-13(9)18)16-19-14(23-21-16)7-8-22-11(3)15(17)10(2)20-22/h4-6H,7-8,18H2,1-3H3. The van der Waals surface area contributed by atoms with Crippen LogP contribution in [-0.4, -0.2) is 19.9 Å². The third-order valence-electron chi connectivity index (χ3n) is 3.92. The molecular weight excluding hydrogens is 314 g/mol. The van der Waals surface area contributed by atoms with Crippen molar-refractivity contribution < 1.29 is 4.52 Å². The fraction of sp³-hybridized carbons (Fsp3) is 0.312. The molecule has 0 aliphatic heterocycles. The normalized spacial score (nSPS) is 11.1. The molecule has 0 fully saturated rings. The number of benzene rings is 1. The first-order valence-corrected chi connectivity index (χ1v) is 7.72. The van der Waals surface area contributed by atoms with Crippen LogP contribution in [0.2, 0.25) is 5.02 Å². The molecule has 0 unspecified atom stereocenters. The van der Waals surface area contributed by atoms with Crippen molar-refractivity contribution in [3.05, 3.63) is 46.1 Å². The first-order valence-electron chi connectivity index (χ1n) is 7.35. The predicted molar refractivity (Wildman–Crippen MR) is 89.3 cm³/mol. The molecule has 0 atom stereocenters. The molecule has 23 heavy (non-hydrogen) atoms. The second-order valence-corrected chi connectivity index (χ2v) is 5.87. The third kappa shape index (κ3) is 2.94. The average Bonchev–Trinajstić information content (AvgIpc) is 3.09. The highest BCUT2D eigenvalue weighted by Gasteiger charge is 2.14. The second-order valence-electron chi connectivity index (χ2n) is 5.49. The molecule has 0 saturated carbocycles. The van der Waals surface area contributed by atoms with Gasteiger partial charge in [-0.1, -0.05) is 28.9 Å². The van der Waals surface area contributed by atoms with Gasteiger partial charge in [0, 0.05) is 17.7 Å². The number of hydrogen-bond donors (Lipinski definition) is 1. The molecule has 0 aliphatic rings. The summed E-state index contributed by atoms with van der Waals surface area (Å²) in [6.07, 6.45) is 0.590. The van der Waals surface area contributed by atoms with Gasteiger partial charge in [0.1, 0.15) is 0 Å². The van der Waals surface area contributed by atoms with E-state index in [-0.39, 0.29) is 0 Å². The monoisotopic (exact) mass is 331 g/mol. The lowest BCUT2D eigenvalue weighted by Crippen LogP contribution is -2.05. The van der Waals surface area contributed by atoms with E-state index in [2.05, 4.69) is 15.2 Å². The molecule has 0 radical (unpaired) electrons. The van der Waals surface area contributed by atoms with Crippen LogP contribution in [-0.2, 0) is 13.0 Å². The largest absolute Gasteiger partial charge is 0.398 e. The van der Waals surface area contributed by atoms with Gasteiger partial charge in [0.15, 0.2) is 0 Å². The number of nitrogen functional groups attached to an aromatic ring is 1. The van der Waals surface area contributed by atoms with E-state index in [0.717, 1.165) is 22.5 Å². The van der Waals surface area contributed by atoms with Crippen LogP contribution in [0.15, 0.2) is 22.7 Å². The van der Waals surface area contributed by atoms with Crippen molar-refractivity contribution in [3.8, 4) is 11.4 Å². The van der Waals surface area contributed by atoms with Gasteiger partial charge in [-0.25, -0.2) is 0 Å². The van der Waals surface area contributed by atoms with Gasteiger partial charge in [-0.15, -0.1) is 0 Å². The summed E-state index contributed by atoms with van der Waals surface area (Å²) >= 11 is 6.15. The molecule has 1 aromatic carbocycles. The van der Waals surface area contributed by atoms with Gasteiger partial charge < -0.3 is 10.3 Å². The Balaban J connectivity index is 1.77. The maximum atomic E-state index is 6.15. The van der Waals surface area contributed by atoms with Crippen molar-refractivity contribution in [1.29, 1.82) is 0 Å². The van der Waals surface area contributed by atoms with Crippen molar-refractivity contribution in [2.45, 2.75) is 33.7 Å². The van der Waals surface area contributed by atoms with Crippen molar-refractivity contribution >= 4 is 17.3 Å². The Hall–Kier alpha value is -2.34. The van der Waals surface area contributed by atoms with Gasteiger partial charge in [-0.3, -0.25) is 4.68 Å². The molecule has 3 aromatic rings. The Labute approximate surface area is 139 Å². The number of halogens is 1. The first kappa shape index (κ1) is 15.6. The van der Waals surface area contributed by atoms with Gasteiger partial charge in [-0.2, -0.15) is 10.1 Å². The quantitative estimate of drug-likeness (QED) is 0.741. The van der Waals surface area contributed by atoms with E-state index < -0.39 is 0 Å². The number of anilines is 1. The fourth-order valence-electron chi connectivity index (χ4n) is 2.46. The van der Waals surface area contributed by atoms with Gasteiger partial charge >= 0.3 is 0 Å². The number of aromatic nitrogens is 4. The van der Waals surface area contributed by atoms with Crippen LogP contribution in [0.3, 0.4) is 0 Å². The Morgan fingerprint density at radius 3 is 2.74 bits per heavy atom. The summed E-state index contributed by atoms with van der Waals surface area (Å²) in [7, 11) is 0. The van der Waals surface area contributed by atoms with Crippen molar-refractivity contribution in [1.82, 2.24) is 19.9 Å². The van der Waals surface area contributed by atoms with Crippen LogP contribution in [0.5, 0.6) is 0 Å². The van der Waals surface area contributed by atoms with E-state index in [0.29, 0.717) is 35.4 Å². The van der Waals surface area contributed by atoms with Crippen LogP contribution >= 0.6 is 11.6 Å². The zero-order valence-electron chi connectivity index (χ0n) is 13.3. The fourth-order valence-corrected chi connectivity index (χ4v) is 2.59. The molecule has 0 amide bonds. The third-order valence-corrected chi connectivity index (χ3v) is 4.46. The summed E-state index contributed by atoms with van der Waals surface area (Å²) in [5, 5.41) is 9.14. The lowest BCUT2D eigenvalue weighted by molar-refractivity contribution is 0.368. The molecule has 2 N–H and O–H groups in total. The zero-order valence-corrected chi connectivity index (χ0v) is 14.1. The van der Waals surface area contributed by atoms with E-state index in [1.165, 1.54) is 0 Å². The van der Waals surface area contributed by atoms with Crippen LogP contribution in [0, 0.1) is 20.8 Å².